The van der Waals surface area contributed by atoms with Gasteiger partial charge in [-0.15, -0.1) is 10.2 Å². The molecule has 1 fully saturated rings. The molecule has 4 heterocycles. The van der Waals surface area contributed by atoms with Crippen molar-refractivity contribution >= 4 is 39.1 Å². The van der Waals surface area contributed by atoms with Gasteiger partial charge >= 0.3 is 0 Å². The maximum Gasteiger partial charge on any atom is 0.254 e. The Morgan fingerprint density at radius 2 is 2.16 bits per heavy atom. The molecule has 1 saturated heterocycles. The Bertz CT molecular complexity index is 1260. The van der Waals surface area contributed by atoms with E-state index in [0.717, 1.165) is 28.0 Å². The van der Waals surface area contributed by atoms with Crippen molar-refractivity contribution in [1.82, 2.24) is 25.1 Å². The summed E-state index contributed by atoms with van der Waals surface area (Å²) in [5.41, 5.74) is 2.30. The first kappa shape index (κ1) is 20.5. The number of nitrogens with one attached hydrogen (secondary N) is 1. The number of nitrogens with zero attached hydrogens (tertiary/aromatic N) is 5. The lowest BCUT2D eigenvalue weighted by Gasteiger charge is -2.33. The standard InChI is InChI=1S/C23H22N6O2S/c1-2-21-27-28-23(32-21)26-20-7-3-6-18(25-20)19-14-29(11-12-31-19)22(30)16-8-9-17-15(13-16)5-4-10-24-17/h3-10,13,19H,2,11-12,14H2,1H3,(H,25,26,28)/t19-/m0/s1. The second-order valence-corrected chi connectivity index (χ2v) is 8.51. The van der Waals surface area contributed by atoms with Gasteiger partial charge in [0.15, 0.2) is 0 Å². The van der Waals surface area contributed by atoms with Gasteiger partial charge in [0, 0.05) is 23.7 Å². The quantitative estimate of drug-likeness (QED) is 0.495. The van der Waals surface area contributed by atoms with Gasteiger partial charge < -0.3 is 15.0 Å². The highest BCUT2D eigenvalue weighted by Crippen LogP contribution is 2.25. The number of fused-ring (bicyclic) bond motifs is 1. The molecule has 8 nitrogen and oxygen atoms in total. The average molecular weight is 447 g/mol. The molecule has 5 rings (SSSR count). The third-order valence-electron chi connectivity index (χ3n) is 5.31. The molecule has 0 spiro atoms. The summed E-state index contributed by atoms with van der Waals surface area (Å²) in [5.74, 6) is 0.662. The van der Waals surface area contributed by atoms with E-state index in [-0.39, 0.29) is 12.0 Å². The van der Waals surface area contributed by atoms with Crippen molar-refractivity contribution in [3.8, 4) is 0 Å². The Balaban J connectivity index is 1.31. The highest BCUT2D eigenvalue weighted by Gasteiger charge is 2.27. The Labute approximate surface area is 189 Å². The van der Waals surface area contributed by atoms with Crippen molar-refractivity contribution in [2.24, 2.45) is 0 Å². The minimum absolute atomic E-state index is 0.0145. The fraction of sp³-hybridized carbons (Fsp3) is 0.261. The minimum Gasteiger partial charge on any atom is -0.368 e. The third-order valence-corrected chi connectivity index (χ3v) is 6.29. The first-order chi connectivity index (χ1) is 15.7. The van der Waals surface area contributed by atoms with Gasteiger partial charge in [-0.05, 0) is 42.8 Å². The lowest BCUT2D eigenvalue weighted by atomic mass is 10.1. The van der Waals surface area contributed by atoms with Crippen LogP contribution in [0, 0.1) is 0 Å². The van der Waals surface area contributed by atoms with Gasteiger partial charge in [0.05, 0.1) is 24.4 Å². The van der Waals surface area contributed by atoms with Crippen LogP contribution < -0.4 is 5.32 Å². The summed E-state index contributed by atoms with van der Waals surface area (Å²) in [6.45, 7) is 3.49. The summed E-state index contributed by atoms with van der Waals surface area (Å²) in [6.07, 6.45) is 2.30. The number of carbonyl (C=O) groups excluding carboxylic acids is 1. The van der Waals surface area contributed by atoms with Gasteiger partial charge in [-0.2, -0.15) is 0 Å². The molecule has 32 heavy (non-hydrogen) atoms. The van der Waals surface area contributed by atoms with E-state index in [0.29, 0.717) is 36.2 Å². The second-order valence-electron chi connectivity index (χ2n) is 7.45. The van der Waals surface area contributed by atoms with Crippen molar-refractivity contribution < 1.29 is 9.53 Å². The van der Waals surface area contributed by atoms with Crippen LogP contribution in [0.3, 0.4) is 0 Å². The van der Waals surface area contributed by atoms with Crippen molar-refractivity contribution in [1.29, 1.82) is 0 Å². The lowest BCUT2D eigenvalue weighted by molar-refractivity contribution is -0.0246. The number of rotatable bonds is 5. The Kier molecular flexibility index (Phi) is 5.74. The fourth-order valence-corrected chi connectivity index (χ4v) is 4.35. The number of hydrogen-bond acceptors (Lipinski definition) is 8. The van der Waals surface area contributed by atoms with E-state index in [4.69, 9.17) is 9.72 Å². The highest BCUT2D eigenvalue weighted by molar-refractivity contribution is 7.15. The maximum absolute atomic E-state index is 13.2. The van der Waals surface area contributed by atoms with Crippen LogP contribution in [0.1, 0.15) is 34.1 Å². The lowest BCUT2D eigenvalue weighted by Crippen LogP contribution is -2.42. The number of benzene rings is 1. The number of aryl methyl sites for hydroxylation is 1. The van der Waals surface area contributed by atoms with Gasteiger partial charge in [0.1, 0.15) is 16.9 Å². The molecule has 4 aromatic rings. The molecule has 1 N–H and O–H groups in total. The zero-order valence-electron chi connectivity index (χ0n) is 17.6. The molecule has 1 amide bonds. The van der Waals surface area contributed by atoms with Crippen molar-refractivity contribution in [2.45, 2.75) is 19.4 Å². The Hall–Kier alpha value is -3.43. The van der Waals surface area contributed by atoms with Crippen LogP contribution in [0.25, 0.3) is 10.9 Å². The van der Waals surface area contributed by atoms with Crippen LogP contribution >= 0.6 is 11.3 Å². The molecule has 0 saturated carbocycles. The molecule has 0 aliphatic carbocycles. The van der Waals surface area contributed by atoms with E-state index in [1.54, 1.807) is 6.20 Å². The molecule has 0 radical (unpaired) electrons. The van der Waals surface area contributed by atoms with Crippen molar-refractivity contribution in [3.63, 3.8) is 0 Å². The first-order valence-corrected chi connectivity index (χ1v) is 11.3. The molecule has 1 aliphatic heterocycles. The van der Waals surface area contributed by atoms with Crippen LogP contribution in [0.15, 0.2) is 54.7 Å². The van der Waals surface area contributed by atoms with Crippen LogP contribution in [-0.4, -0.2) is 50.7 Å². The SMILES string of the molecule is CCc1nnc(Nc2cccc([C@@H]3CN(C(=O)c4ccc5ncccc5c4)CCO3)n2)s1. The average Bonchev–Trinajstić information content (AvgIpc) is 3.31. The summed E-state index contributed by atoms with van der Waals surface area (Å²) >= 11 is 1.51. The second kappa shape index (κ2) is 8.97. The number of anilines is 2. The Morgan fingerprint density at radius 1 is 1.22 bits per heavy atom. The zero-order chi connectivity index (χ0) is 21.9. The predicted molar refractivity (Wildman–Crippen MR) is 123 cm³/mol. The smallest absolute Gasteiger partial charge is 0.254 e. The van der Waals surface area contributed by atoms with Crippen LogP contribution in [0.4, 0.5) is 10.9 Å². The van der Waals surface area contributed by atoms with E-state index in [1.807, 2.05) is 60.4 Å². The largest absolute Gasteiger partial charge is 0.368 e. The van der Waals surface area contributed by atoms with Gasteiger partial charge in [-0.25, -0.2) is 4.98 Å². The molecular weight excluding hydrogens is 424 g/mol. The van der Waals surface area contributed by atoms with Gasteiger partial charge in [-0.1, -0.05) is 30.4 Å². The fourth-order valence-electron chi connectivity index (χ4n) is 3.66. The summed E-state index contributed by atoms with van der Waals surface area (Å²) in [4.78, 5) is 24.0. The van der Waals surface area contributed by atoms with Crippen molar-refractivity contribution in [2.75, 3.05) is 25.0 Å². The summed E-state index contributed by atoms with van der Waals surface area (Å²) in [6, 6.07) is 15.2. The van der Waals surface area contributed by atoms with E-state index in [1.165, 1.54) is 11.3 Å². The number of aromatic nitrogens is 4. The van der Waals surface area contributed by atoms with E-state index >= 15 is 0 Å². The van der Waals surface area contributed by atoms with Gasteiger partial charge in [-0.3, -0.25) is 9.78 Å². The number of ether oxygens (including phenoxy) is 1. The molecule has 1 aliphatic rings. The zero-order valence-corrected chi connectivity index (χ0v) is 18.4. The first-order valence-electron chi connectivity index (χ1n) is 10.5. The van der Waals surface area contributed by atoms with Crippen LogP contribution in [-0.2, 0) is 11.2 Å². The summed E-state index contributed by atoms with van der Waals surface area (Å²) in [5, 5.41) is 14.1. The van der Waals surface area contributed by atoms with Crippen molar-refractivity contribution in [3.05, 3.63) is 71.0 Å². The summed E-state index contributed by atoms with van der Waals surface area (Å²) in [7, 11) is 0. The molecule has 162 valence electrons. The number of morpholine rings is 1. The molecule has 1 atom stereocenters. The normalized spacial score (nSPS) is 16.3. The number of hydrogen-bond donors (Lipinski definition) is 1. The van der Waals surface area contributed by atoms with E-state index in [2.05, 4.69) is 20.5 Å². The number of carbonyl (C=O) groups is 1. The number of amides is 1. The van der Waals surface area contributed by atoms with Gasteiger partial charge in [0.25, 0.3) is 5.91 Å². The third kappa shape index (κ3) is 4.30. The molecular formula is C23H22N6O2S. The maximum atomic E-state index is 13.2. The summed E-state index contributed by atoms with van der Waals surface area (Å²) < 4.78 is 5.96. The van der Waals surface area contributed by atoms with E-state index < -0.39 is 0 Å². The molecule has 0 bridgehead atoms. The minimum atomic E-state index is -0.294. The van der Waals surface area contributed by atoms with Gasteiger partial charge in [0.2, 0.25) is 5.13 Å². The predicted octanol–water partition coefficient (Wildman–Crippen LogP) is 4.00. The molecule has 9 heteroatoms. The molecule has 1 aromatic carbocycles. The van der Waals surface area contributed by atoms with E-state index in [9.17, 15) is 4.79 Å². The Morgan fingerprint density at radius 3 is 3.03 bits per heavy atom. The number of pyridine rings is 2. The highest BCUT2D eigenvalue weighted by atomic mass is 32.1. The molecule has 3 aromatic heterocycles. The van der Waals surface area contributed by atoms with Crippen LogP contribution in [0.5, 0.6) is 0 Å². The molecule has 0 unspecified atom stereocenters. The topological polar surface area (TPSA) is 93.1 Å². The monoisotopic (exact) mass is 446 g/mol. The van der Waals surface area contributed by atoms with Crippen LogP contribution in [0.2, 0.25) is 0 Å².